The molecule has 2 rings (SSSR count). The van der Waals surface area contributed by atoms with Crippen molar-refractivity contribution in [3.8, 4) is 0 Å². The normalized spacial score (nSPS) is 28.1. The third-order valence-corrected chi connectivity index (χ3v) is 3.70. The number of rotatable bonds is 3. The average molecular weight is 250 g/mol. The molecule has 5 nitrogen and oxygen atoms in total. The molecule has 2 atom stereocenters. The van der Waals surface area contributed by atoms with Crippen molar-refractivity contribution in [2.45, 2.75) is 51.6 Å². The zero-order valence-electron chi connectivity index (χ0n) is 11.1. The summed E-state index contributed by atoms with van der Waals surface area (Å²) < 4.78 is 1.78. The van der Waals surface area contributed by atoms with Crippen molar-refractivity contribution >= 4 is 11.6 Å². The van der Waals surface area contributed by atoms with Crippen LogP contribution in [0.15, 0.2) is 12.4 Å². The van der Waals surface area contributed by atoms with Gasteiger partial charge in [0.15, 0.2) is 0 Å². The first kappa shape index (κ1) is 13.1. The average Bonchev–Trinajstić information content (AvgIpc) is 2.76. The quantitative estimate of drug-likeness (QED) is 0.858. The first-order chi connectivity index (χ1) is 8.53. The minimum Gasteiger partial charge on any atom is -0.322 e. The standard InChI is InChI=1S/C13H22N4O/c1-3-17-9-11(8-15-17)16-12(18)13(14)6-4-5-10(2)7-13/h8-10H,3-7,14H2,1-2H3,(H,16,18). The predicted octanol–water partition coefficient (Wildman–Crippen LogP) is 1.75. The molecule has 1 amide bonds. The maximum atomic E-state index is 12.3. The van der Waals surface area contributed by atoms with Crippen molar-refractivity contribution in [1.29, 1.82) is 0 Å². The summed E-state index contributed by atoms with van der Waals surface area (Å²) in [6, 6.07) is 0. The van der Waals surface area contributed by atoms with E-state index in [0.29, 0.717) is 5.92 Å². The largest absolute Gasteiger partial charge is 0.322 e. The third kappa shape index (κ3) is 2.72. The molecule has 1 saturated carbocycles. The molecule has 0 aromatic carbocycles. The number of aryl methyl sites for hydroxylation is 1. The van der Waals surface area contributed by atoms with Gasteiger partial charge in [-0.1, -0.05) is 19.8 Å². The highest BCUT2D eigenvalue weighted by Gasteiger charge is 2.38. The number of nitrogens with two attached hydrogens (primary N) is 1. The Hall–Kier alpha value is -1.36. The molecule has 0 saturated heterocycles. The molecule has 3 N–H and O–H groups in total. The van der Waals surface area contributed by atoms with Gasteiger partial charge in [-0.25, -0.2) is 0 Å². The number of hydrogen-bond donors (Lipinski definition) is 2. The summed E-state index contributed by atoms with van der Waals surface area (Å²) in [6.45, 7) is 4.95. The highest BCUT2D eigenvalue weighted by Crippen LogP contribution is 2.31. The Bertz CT molecular complexity index is 428. The van der Waals surface area contributed by atoms with Crippen LogP contribution in [-0.2, 0) is 11.3 Å². The van der Waals surface area contributed by atoms with Gasteiger partial charge in [0.25, 0.3) is 0 Å². The molecule has 1 aromatic heterocycles. The fourth-order valence-electron chi connectivity index (χ4n) is 2.65. The highest BCUT2D eigenvalue weighted by molar-refractivity contribution is 5.97. The van der Waals surface area contributed by atoms with E-state index in [4.69, 9.17) is 5.73 Å². The van der Waals surface area contributed by atoms with Gasteiger partial charge >= 0.3 is 0 Å². The van der Waals surface area contributed by atoms with Gasteiger partial charge in [-0.15, -0.1) is 0 Å². The van der Waals surface area contributed by atoms with Crippen LogP contribution in [0.5, 0.6) is 0 Å². The molecule has 18 heavy (non-hydrogen) atoms. The second-order valence-corrected chi connectivity index (χ2v) is 5.40. The van der Waals surface area contributed by atoms with Crippen molar-refractivity contribution in [3.05, 3.63) is 12.4 Å². The molecule has 0 radical (unpaired) electrons. The number of carbonyl (C=O) groups is 1. The number of anilines is 1. The van der Waals surface area contributed by atoms with Gasteiger partial charge in [0.05, 0.1) is 17.4 Å². The highest BCUT2D eigenvalue weighted by atomic mass is 16.2. The molecule has 1 aliphatic carbocycles. The molecule has 1 heterocycles. The van der Waals surface area contributed by atoms with Crippen LogP contribution >= 0.6 is 0 Å². The molecule has 1 aromatic rings. The molecule has 1 fully saturated rings. The van der Waals surface area contributed by atoms with E-state index >= 15 is 0 Å². The Labute approximate surface area is 108 Å². The van der Waals surface area contributed by atoms with Crippen molar-refractivity contribution in [1.82, 2.24) is 9.78 Å². The second-order valence-electron chi connectivity index (χ2n) is 5.40. The molecule has 0 spiro atoms. The number of nitrogens with zero attached hydrogens (tertiary/aromatic N) is 2. The zero-order chi connectivity index (χ0) is 13.2. The summed E-state index contributed by atoms with van der Waals surface area (Å²) >= 11 is 0. The van der Waals surface area contributed by atoms with Crippen LogP contribution in [0.2, 0.25) is 0 Å². The summed E-state index contributed by atoms with van der Waals surface area (Å²) in [6.07, 6.45) is 7.22. The van der Waals surface area contributed by atoms with E-state index in [-0.39, 0.29) is 5.91 Å². The Balaban J connectivity index is 2.02. The Kier molecular flexibility index (Phi) is 3.71. The zero-order valence-corrected chi connectivity index (χ0v) is 11.1. The van der Waals surface area contributed by atoms with Gasteiger partial charge in [0, 0.05) is 12.7 Å². The Morgan fingerprint density at radius 3 is 3.11 bits per heavy atom. The van der Waals surface area contributed by atoms with E-state index in [1.54, 1.807) is 10.9 Å². The van der Waals surface area contributed by atoms with Gasteiger partial charge in [-0.05, 0) is 25.7 Å². The van der Waals surface area contributed by atoms with Crippen molar-refractivity contribution in [3.63, 3.8) is 0 Å². The summed E-state index contributed by atoms with van der Waals surface area (Å²) in [5.74, 6) is 0.442. The topological polar surface area (TPSA) is 72.9 Å². The number of carbonyl (C=O) groups excluding carboxylic acids is 1. The fraction of sp³-hybridized carbons (Fsp3) is 0.692. The minimum absolute atomic E-state index is 0.0790. The molecule has 2 unspecified atom stereocenters. The van der Waals surface area contributed by atoms with Gasteiger partial charge < -0.3 is 11.1 Å². The van der Waals surface area contributed by atoms with Gasteiger partial charge in [0.2, 0.25) is 5.91 Å². The van der Waals surface area contributed by atoms with E-state index < -0.39 is 5.54 Å². The first-order valence-corrected chi connectivity index (χ1v) is 6.66. The number of amides is 1. The smallest absolute Gasteiger partial charge is 0.244 e. The van der Waals surface area contributed by atoms with Crippen LogP contribution in [0.4, 0.5) is 5.69 Å². The van der Waals surface area contributed by atoms with E-state index in [1.807, 2.05) is 13.1 Å². The molecular formula is C13H22N4O. The van der Waals surface area contributed by atoms with E-state index in [1.165, 1.54) is 6.42 Å². The van der Waals surface area contributed by atoms with Crippen molar-refractivity contribution in [2.24, 2.45) is 11.7 Å². The molecule has 0 bridgehead atoms. The lowest BCUT2D eigenvalue weighted by Gasteiger charge is -2.35. The Morgan fingerprint density at radius 1 is 1.72 bits per heavy atom. The first-order valence-electron chi connectivity index (χ1n) is 6.66. The predicted molar refractivity (Wildman–Crippen MR) is 71.1 cm³/mol. The van der Waals surface area contributed by atoms with Crippen LogP contribution < -0.4 is 11.1 Å². The number of aromatic nitrogens is 2. The molecule has 1 aliphatic rings. The van der Waals surface area contributed by atoms with Gasteiger partial charge in [0.1, 0.15) is 0 Å². The van der Waals surface area contributed by atoms with E-state index in [0.717, 1.165) is 31.5 Å². The summed E-state index contributed by atoms with van der Waals surface area (Å²) in [5.41, 5.74) is 6.25. The van der Waals surface area contributed by atoms with Crippen LogP contribution in [0.3, 0.4) is 0 Å². The third-order valence-electron chi connectivity index (χ3n) is 3.70. The van der Waals surface area contributed by atoms with Gasteiger partial charge in [-0.2, -0.15) is 5.10 Å². The van der Waals surface area contributed by atoms with Crippen LogP contribution in [0.25, 0.3) is 0 Å². The summed E-state index contributed by atoms with van der Waals surface area (Å²) in [5, 5.41) is 7.01. The lowest BCUT2D eigenvalue weighted by atomic mass is 9.76. The van der Waals surface area contributed by atoms with Crippen molar-refractivity contribution in [2.75, 3.05) is 5.32 Å². The van der Waals surface area contributed by atoms with Gasteiger partial charge in [-0.3, -0.25) is 9.48 Å². The molecule has 5 heteroatoms. The van der Waals surface area contributed by atoms with Crippen LogP contribution in [0.1, 0.15) is 39.5 Å². The second kappa shape index (κ2) is 5.10. The van der Waals surface area contributed by atoms with Crippen molar-refractivity contribution < 1.29 is 4.79 Å². The van der Waals surface area contributed by atoms with Crippen LogP contribution in [-0.4, -0.2) is 21.2 Å². The maximum Gasteiger partial charge on any atom is 0.244 e. The summed E-state index contributed by atoms with van der Waals surface area (Å²) in [4.78, 5) is 12.3. The maximum absolute atomic E-state index is 12.3. The molecule has 100 valence electrons. The number of hydrogen-bond acceptors (Lipinski definition) is 3. The summed E-state index contributed by atoms with van der Waals surface area (Å²) in [7, 11) is 0. The molecule has 0 aliphatic heterocycles. The SMILES string of the molecule is CCn1cc(NC(=O)C2(N)CCCC(C)C2)cn1. The van der Waals surface area contributed by atoms with E-state index in [9.17, 15) is 4.79 Å². The lowest BCUT2D eigenvalue weighted by Crippen LogP contribution is -2.53. The molecular weight excluding hydrogens is 228 g/mol. The Morgan fingerprint density at radius 2 is 2.50 bits per heavy atom. The monoisotopic (exact) mass is 250 g/mol. The van der Waals surface area contributed by atoms with Crippen LogP contribution in [0, 0.1) is 5.92 Å². The van der Waals surface area contributed by atoms with E-state index in [2.05, 4.69) is 17.3 Å². The fourth-order valence-corrected chi connectivity index (χ4v) is 2.65. The lowest BCUT2D eigenvalue weighted by molar-refractivity contribution is -0.122. The number of nitrogens with one attached hydrogen (secondary N) is 1. The minimum atomic E-state index is -0.716.